The van der Waals surface area contributed by atoms with Gasteiger partial charge in [-0.25, -0.2) is 21.2 Å². The maximum atomic E-state index is 13.1. The van der Waals surface area contributed by atoms with Crippen molar-refractivity contribution in [1.82, 2.24) is 4.90 Å². The van der Waals surface area contributed by atoms with Gasteiger partial charge in [-0.1, -0.05) is 6.92 Å². The molecule has 2 heterocycles. The van der Waals surface area contributed by atoms with E-state index < -0.39 is 36.8 Å². The van der Waals surface area contributed by atoms with Crippen LogP contribution in [0.2, 0.25) is 0 Å². The zero-order valence-corrected chi connectivity index (χ0v) is 15.2. The highest BCUT2D eigenvalue weighted by Crippen LogP contribution is 2.31. The largest absolute Gasteiger partial charge is 0.298 e. The van der Waals surface area contributed by atoms with Gasteiger partial charge in [0.25, 0.3) is 0 Å². The number of likely N-dealkylation sites (tertiary alicyclic amines) is 1. The lowest BCUT2D eigenvalue weighted by atomic mass is 9.98. The molecular formula is C16H22FNO4S2. The molecule has 0 N–H and O–H groups in total. The molecule has 3 rings (SSSR count). The minimum absolute atomic E-state index is 0.0126. The lowest BCUT2D eigenvalue weighted by Crippen LogP contribution is -2.49. The molecule has 2 aliphatic heterocycles. The second kappa shape index (κ2) is 6.38. The Morgan fingerprint density at radius 2 is 1.67 bits per heavy atom. The third-order valence-electron chi connectivity index (χ3n) is 5.10. The molecule has 0 spiro atoms. The van der Waals surface area contributed by atoms with Gasteiger partial charge in [0.15, 0.2) is 19.7 Å². The van der Waals surface area contributed by atoms with Gasteiger partial charge in [-0.2, -0.15) is 0 Å². The molecule has 2 saturated heterocycles. The minimum atomic E-state index is -3.83. The molecule has 2 atom stereocenters. The van der Waals surface area contributed by atoms with E-state index >= 15 is 0 Å². The second-order valence-electron chi connectivity index (χ2n) is 6.90. The smallest absolute Gasteiger partial charge is 0.183 e. The lowest BCUT2D eigenvalue weighted by Gasteiger charge is -2.36. The molecule has 0 bridgehead atoms. The van der Waals surface area contributed by atoms with Crippen molar-refractivity contribution >= 4 is 19.7 Å². The highest BCUT2D eigenvalue weighted by Gasteiger charge is 2.48. The fourth-order valence-electron chi connectivity index (χ4n) is 3.59. The van der Waals surface area contributed by atoms with Crippen molar-refractivity contribution in [2.45, 2.75) is 36.0 Å². The van der Waals surface area contributed by atoms with E-state index in [9.17, 15) is 21.2 Å². The number of rotatable bonds is 3. The zero-order chi connectivity index (χ0) is 17.5. The standard InChI is InChI=1S/C16H22FNO4S2/c1-12-6-8-18(9-7-12)15-10-23(19,20)11-16(15)24(21,22)14-4-2-13(17)3-5-14/h2-5,12,15-16H,6-11H2,1H3/t15-,16-/m1/s1. The maximum Gasteiger partial charge on any atom is 0.183 e. The number of piperidine rings is 1. The van der Waals surface area contributed by atoms with Gasteiger partial charge in [0.1, 0.15) is 5.82 Å². The van der Waals surface area contributed by atoms with Crippen molar-refractivity contribution in [2.75, 3.05) is 24.6 Å². The molecule has 0 saturated carbocycles. The first-order valence-electron chi connectivity index (χ1n) is 8.13. The first-order valence-corrected chi connectivity index (χ1v) is 11.5. The van der Waals surface area contributed by atoms with E-state index in [0.717, 1.165) is 38.1 Å². The Hall–Kier alpha value is -0.990. The summed E-state index contributed by atoms with van der Waals surface area (Å²) in [6.45, 7) is 3.59. The predicted molar refractivity (Wildman–Crippen MR) is 89.8 cm³/mol. The van der Waals surface area contributed by atoms with Crippen LogP contribution < -0.4 is 0 Å². The molecule has 0 aromatic heterocycles. The van der Waals surface area contributed by atoms with Gasteiger partial charge in [0.05, 0.1) is 21.7 Å². The molecule has 0 unspecified atom stereocenters. The maximum absolute atomic E-state index is 13.1. The summed E-state index contributed by atoms with van der Waals surface area (Å²) in [7, 11) is -7.23. The van der Waals surface area contributed by atoms with Gasteiger partial charge >= 0.3 is 0 Å². The molecule has 2 fully saturated rings. The van der Waals surface area contributed by atoms with E-state index in [4.69, 9.17) is 0 Å². The van der Waals surface area contributed by atoms with E-state index in [1.807, 2.05) is 4.90 Å². The van der Waals surface area contributed by atoms with Crippen LogP contribution in [0.25, 0.3) is 0 Å². The quantitative estimate of drug-likeness (QED) is 0.749. The van der Waals surface area contributed by atoms with Crippen molar-refractivity contribution in [3.63, 3.8) is 0 Å². The van der Waals surface area contributed by atoms with Crippen LogP contribution in [0.1, 0.15) is 19.8 Å². The summed E-state index contributed by atoms with van der Waals surface area (Å²) >= 11 is 0. The molecule has 5 nitrogen and oxygen atoms in total. The fraction of sp³-hybridized carbons (Fsp3) is 0.625. The monoisotopic (exact) mass is 375 g/mol. The molecule has 1 aromatic rings. The summed E-state index contributed by atoms with van der Waals surface area (Å²) < 4.78 is 63.2. The number of halogens is 1. The minimum Gasteiger partial charge on any atom is -0.298 e. The summed E-state index contributed by atoms with van der Waals surface area (Å²) in [5, 5.41) is -0.985. The number of benzene rings is 1. The fourth-order valence-corrected chi connectivity index (χ4v) is 8.42. The predicted octanol–water partition coefficient (Wildman–Crippen LogP) is 1.50. The van der Waals surface area contributed by atoms with E-state index in [-0.39, 0.29) is 16.4 Å². The van der Waals surface area contributed by atoms with Gasteiger partial charge in [-0.3, -0.25) is 4.90 Å². The van der Waals surface area contributed by atoms with E-state index in [1.165, 1.54) is 12.1 Å². The topological polar surface area (TPSA) is 71.5 Å². The first-order chi connectivity index (χ1) is 11.2. The normalized spacial score (nSPS) is 28.9. The Kier molecular flexibility index (Phi) is 4.74. The Labute approximate surface area is 142 Å². The van der Waals surface area contributed by atoms with Crippen LogP contribution in [-0.2, 0) is 19.7 Å². The number of sulfone groups is 2. The van der Waals surface area contributed by atoms with E-state index in [1.54, 1.807) is 0 Å². The average molecular weight is 375 g/mol. The van der Waals surface area contributed by atoms with Gasteiger partial charge in [-0.15, -0.1) is 0 Å². The van der Waals surface area contributed by atoms with Crippen LogP contribution in [0.5, 0.6) is 0 Å². The Morgan fingerprint density at radius 1 is 1.08 bits per heavy atom. The van der Waals surface area contributed by atoms with Crippen LogP contribution in [0, 0.1) is 11.7 Å². The number of hydrogen-bond acceptors (Lipinski definition) is 5. The molecule has 0 radical (unpaired) electrons. The van der Waals surface area contributed by atoms with Crippen LogP contribution in [0.3, 0.4) is 0 Å². The van der Waals surface area contributed by atoms with E-state index in [0.29, 0.717) is 5.92 Å². The van der Waals surface area contributed by atoms with E-state index in [2.05, 4.69) is 6.92 Å². The van der Waals surface area contributed by atoms with Gasteiger partial charge in [0, 0.05) is 6.04 Å². The second-order valence-corrected chi connectivity index (χ2v) is 11.2. The Morgan fingerprint density at radius 3 is 2.25 bits per heavy atom. The molecule has 2 aliphatic rings. The Bertz CT molecular complexity index is 797. The molecule has 24 heavy (non-hydrogen) atoms. The van der Waals surface area contributed by atoms with Crippen molar-refractivity contribution in [2.24, 2.45) is 5.92 Å². The molecule has 8 heteroatoms. The molecule has 0 amide bonds. The number of nitrogens with zero attached hydrogens (tertiary/aromatic N) is 1. The van der Waals surface area contributed by atoms with Crippen LogP contribution in [0.15, 0.2) is 29.2 Å². The summed E-state index contributed by atoms with van der Waals surface area (Å²) in [5.74, 6) is -0.420. The average Bonchev–Trinajstić information content (AvgIpc) is 2.85. The van der Waals surface area contributed by atoms with Gasteiger partial charge in [-0.05, 0) is 56.1 Å². The SMILES string of the molecule is CC1CCN([C@@H]2CS(=O)(=O)C[C@H]2S(=O)(=O)c2ccc(F)cc2)CC1. The summed E-state index contributed by atoms with van der Waals surface area (Å²) in [6.07, 6.45) is 1.89. The van der Waals surface area contributed by atoms with Gasteiger partial charge in [0.2, 0.25) is 0 Å². The Balaban J connectivity index is 1.92. The molecule has 1 aromatic carbocycles. The van der Waals surface area contributed by atoms with Crippen molar-refractivity contribution in [3.05, 3.63) is 30.1 Å². The van der Waals surface area contributed by atoms with Gasteiger partial charge < -0.3 is 0 Å². The highest BCUT2D eigenvalue weighted by atomic mass is 32.2. The summed E-state index contributed by atoms with van der Waals surface area (Å²) in [5.41, 5.74) is 0. The molecular weight excluding hydrogens is 353 g/mol. The zero-order valence-electron chi connectivity index (χ0n) is 13.6. The molecule has 134 valence electrons. The molecule has 0 aliphatic carbocycles. The van der Waals surface area contributed by atoms with Crippen molar-refractivity contribution < 1.29 is 21.2 Å². The van der Waals surface area contributed by atoms with Crippen LogP contribution >= 0.6 is 0 Å². The van der Waals surface area contributed by atoms with Crippen LogP contribution in [0.4, 0.5) is 4.39 Å². The third-order valence-corrected chi connectivity index (χ3v) is 9.23. The lowest BCUT2D eigenvalue weighted by molar-refractivity contribution is 0.151. The van der Waals surface area contributed by atoms with Crippen LogP contribution in [-0.4, -0.2) is 57.6 Å². The summed E-state index contributed by atoms with van der Waals surface area (Å²) in [4.78, 5) is 2.00. The summed E-state index contributed by atoms with van der Waals surface area (Å²) in [6, 6.07) is 4.09. The van der Waals surface area contributed by atoms with Crippen molar-refractivity contribution in [1.29, 1.82) is 0 Å². The first kappa shape index (κ1) is 17.8. The highest BCUT2D eigenvalue weighted by molar-refractivity contribution is 7.96. The number of hydrogen-bond donors (Lipinski definition) is 0. The third kappa shape index (κ3) is 3.50. The van der Waals surface area contributed by atoms with Crippen molar-refractivity contribution in [3.8, 4) is 0 Å².